The van der Waals surface area contributed by atoms with E-state index in [0.717, 1.165) is 46.8 Å². The average molecular weight is 1040 g/mol. The highest BCUT2D eigenvalue weighted by atomic mass is 16.2. The van der Waals surface area contributed by atoms with Gasteiger partial charge in [-0.15, -0.1) is 0 Å². The van der Waals surface area contributed by atoms with Crippen molar-refractivity contribution in [3.05, 3.63) is 84.6 Å². The van der Waals surface area contributed by atoms with Crippen molar-refractivity contribution in [1.29, 1.82) is 0 Å². The van der Waals surface area contributed by atoms with Gasteiger partial charge in [-0.2, -0.15) is 0 Å². The van der Waals surface area contributed by atoms with Crippen LogP contribution in [0.15, 0.2) is 73.4 Å². The minimum absolute atomic E-state index is 0.0448. The van der Waals surface area contributed by atoms with Gasteiger partial charge in [-0.1, -0.05) is 68.8 Å². The first kappa shape index (κ1) is 58.4. The summed E-state index contributed by atoms with van der Waals surface area (Å²) in [5.74, 6) is -2.64. The molecule has 22 heteroatoms. The molecule has 0 spiro atoms. The molecule has 3 heterocycles. The number of carbonyl (C=O) groups excluding carboxylic acids is 7. The van der Waals surface area contributed by atoms with Crippen LogP contribution in [-0.2, 0) is 40.0 Å². The number of benzene rings is 2. The monoisotopic (exact) mass is 1040 g/mol. The predicted octanol–water partition coefficient (Wildman–Crippen LogP) is 2.74. The van der Waals surface area contributed by atoms with Crippen molar-refractivity contribution in [2.45, 2.75) is 97.1 Å². The number of aromatic amines is 2. The number of nitrogens with two attached hydrogens (primary N) is 3. The van der Waals surface area contributed by atoms with Crippen molar-refractivity contribution in [3.63, 3.8) is 0 Å². The third-order valence-electron chi connectivity index (χ3n) is 12.8. The summed E-state index contributed by atoms with van der Waals surface area (Å²) in [6.07, 6.45) is 10.8. The molecule has 22 nitrogen and oxygen atoms in total. The second kappa shape index (κ2) is 30.7. The SMILES string of the molecule is CC(C)CN(CC(=O)N(CC(N)=O)[C@@H](C)c1ccccc1)C(=O)CNC(=O)CN(CCc1c[nH]c2ccccc12)C(=O)CN(CCCCN)C(=O)C(N)CCCCNC(=O)CCCCCNc1ncnc2nc[nH]c12. The minimum Gasteiger partial charge on any atom is -0.368 e. The standard InChI is InChI=1S/C53H77N15O7/c1-37(2)30-67(34-49(74)68(31-44(56)69)38(3)39-16-6-4-7-17-39)47(72)29-60-46(71)32-65(27-22-40-28-59-43-20-10-9-18-41(40)43)48(73)33-66(26-15-12-23-54)53(75)42(55)19-11-14-24-57-45(70)21-8-5-13-25-58-51-50-52(62-35-61-50)64-36-63-51/h4,6-7,9-10,16-18,20,28,35-38,42,59H,5,8,11-15,19,21-27,29-34,54-55H2,1-3H3,(H2,56,69)(H,57,70)(H,60,71)(H2,58,61,62,63,64)/t38-,42?/m0/s1. The van der Waals surface area contributed by atoms with Crippen LogP contribution in [0.2, 0.25) is 0 Å². The van der Waals surface area contributed by atoms with Gasteiger partial charge in [0.2, 0.25) is 41.4 Å². The van der Waals surface area contributed by atoms with Gasteiger partial charge in [0.15, 0.2) is 11.5 Å². The van der Waals surface area contributed by atoms with Gasteiger partial charge >= 0.3 is 0 Å². The smallest absolute Gasteiger partial charge is 0.243 e. The normalized spacial score (nSPS) is 12.0. The number of H-pyrrole nitrogens is 2. The van der Waals surface area contributed by atoms with Gasteiger partial charge in [-0.3, -0.25) is 33.6 Å². The number of fused-ring (bicyclic) bond motifs is 2. The number of aromatic nitrogens is 5. The number of hydrogen-bond acceptors (Lipinski definition) is 13. The molecule has 0 aliphatic carbocycles. The molecule has 2 aromatic carbocycles. The maximum absolute atomic E-state index is 14.3. The number of amides is 7. The Balaban J connectivity index is 1.14. The van der Waals surface area contributed by atoms with E-state index < -0.39 is 60.6 Å². The highest BCUT2D eigenvalue weighted by Crippen LogP contribution is 2.21. The molecule has 0 saturated heterocycles. The summed E-state index contributed by atoms with van der Waals surface area (Å²) < 4.78 is 0. The van der Waals surface area contributed by atoms with Gasteiger partial charge in [0.05, 0.1) is 51.1 Å². The molecule has 0 saturated carbocycles. The average Bonchev–Trinajstić information content (AvgIpc) is 4.06. The first-order valence-corrected chi connectivity index (χ1v) is 26.0. The fourth-order valence-electron chi connectivity index (χ4n) is 8.71. The molecule has 0 radical (unpaired) electrons. The molecule has 3 aromatic heterocycles. The van der Waals surface area contributed by atoms with E-state index in [1.807, 2.05) is 74.6 Å². The minimum atomic E-state index is -0.911. The number of nitrogens with one attached hydrogen (secondary N) is 5. The highest BCUT2D eigenvalue weighted by molar-refractivity contribution is 5.93. The van der Waals surface area contributed by atoms with E-state index in [0.29, 0.717) is 76.0 Å². The van der Waals surface area contributed by atoms with Crippen LogP contribution in [0.25, 0.3) is 22.1 Å². The number of unbranched alkanes of at least 4 members (excludes halogenated alkanes) is 4. The van der Waals surface area contributed by atoms with Crippen LogP contribution in [0.1, 0.15) is 95.7 Å². The second-order valence-corrected chi connectivity index (χ2v) is 19.2. The van der Waals surface area contributed by atoms with Gasteiger partial charge in [-0.25, -0.2) is 15.0 Å². The fourth-order valence-corrected chi connectivity index (χ4v) is 8.71. The number of para-hydroxylation sites is 1. The van der Waals surface area contributed by atoms with Crippen LogP contribution >= 0.6 is 0 Å². The van der Waals surface area contributed by atoms with Crippen molar-refractivity contribution >= 4 is 69.2 Å². The molecule has 75 heavy (non-hydrogen) atoms. The molecule has 1 unspecified atom stereocenters. The van der Waals surface area contributed by atoms with Crippen molar-refractivity contribution < 1.29 is 33.6 Å². The topological polar surface area (TPSA) is 317 Å². The zero-order valence-electron chi connectivity index (χ0n) is 43.7. The largest absolute Gasteiger partial charge is 0.368 e. The molecule has 0 aliphatic heterocycles. The zero-order chi connectivity index (χ0) is 54.1. The number of imidazole rings is 1. The number of nitrogens with zero attached hydrogens (tertiary/aromatic N) is 7. The van der Waals surface area contributed by atoms with E-state index in [1.54, 1.807) is 13.3 Å². The Morgan fingerprint density at radius 1 is 0.693 bits per heavy atom. The first-order chi connectivity index (χ1) is 36.1. The van der Waals surface area contributed by atoms with Gasteiger partial charge in [0.25, 0.3) is 0 Å². The van der Waals surface area contributed by atoms with Gasteiger partial charge in [0, 0.05) is 56.2 Å². The molecule has 0 fully saturated rings. The van der Waals surface area contributed by atoms with E-state index in [4.69, 9.17) is 17.2 Å². The molecular formula is C53H77N15O7. The van der Waals surface area contributed by atoms with Crippen molar-refractivity contribution in [1.82, 2.24) is 55.2 Å². The molecule has 5 aromatic rings. The van der Waals surface area contributed by atoms with Crippen LogP contribution in [0.5, 0.6) is 0 Å². The third-order valence-corrected chi connectivity index (χ3v) is 12.8. The Hall–Kier alpha value is -7.46. The number of carbonyl (C=O) groups is 7. The molecule has 0 aliphatic rings. The quantitative estimate of drug-likeness (QED) is 0.0275. The highest BCUT2D eigenvalue weighted by Gasteiger charge is 2.29. The lowest BCUT2D eigenvalue weighted by atomic mass is 10.1. The molecule has 7 amide bonds. The summed E-state index contributed by atoms with van der Waals surface area (Å²) in [5.41, 5.74) is 21.8. The van der Waals surface area contributed by atoms with E-state index in [1.165, 1.54) is 25.9 Å². The number of hydrogen-bond donors (Lipinski definition) is 8. The zero-order valence-corrected chi connectivity index (χ0v) is 43.7. The number of anilines is 1. The van der Waals surface area contributed by atoms with Gasteiger partial charge in [-0.05, 0) is 87.9 Å². The van der Waals surface area contributed by atoms with Crippen LogP contribution in [0, 0.1) is 5.92 Å². The Morgan fingerprint density at radius 2 is 1.44 bits per heavy atom. The Kier molecular flexibility index (Phi) is 23.9. The Morgan fingerprint density at radius 3 is 2.20 bits per heavy atom. The molecule has 0 bridgehead atoms. The Labute approximate surface area is 438 Å². The number of rotatable bonds is 34. The number of primary amides is 1. The van der Waals surface area contributed by atoms with Gasteiger partial charge in [0.1, 0.15) is 11.8 Å². The summed E-state index contributed by atoms with van der Waals surface area (Å²) in [5, 5.41) is 9.85. The third kappa shape index (κ3) is 19.1. The molecule has 11 N–H and O–H groups in total. The summed E-state index contributed by atoms with van der Waals surface area (Å²) >= 11 is 0. The summed E-state index contributed by atoms with van der Waals surface area (Å²) in [6, 6.07) is 15.5. The fraction of sp³-hybridized carbons (Fsp3) is 0.509. The molecule has 406 valence electrons. The lowest BCUT2D eigenvalue weighted by Crippen LogP contribution is -2.52. The van der Waals surface area contributed by atoms with Crippen molar-refractivity contribution in [2.24, 2.45) is 23.1 Å². The van der Waals surface area contributed by atoms with Crippen molar-refractivity contribution in [2.75, 3.05) is 77.3 Å². The lowest BCUT2D eigenvalue weighted by molar-refractivity contribution is -0.144. The summed E-state index contributed by atoms with van der Waals surface area (Å²) in [7, 11) is 0. The molecule has 5 rings (SSSR count). The van der Waals surface area contributed by atoms with E-state index in [-0.39, 0.29) is 51.1 Å². The van der Waals surface area contributed by atoms with E-state index in [2.05, 4.69) is 40.9 Å². The maximum Gasteiger partial charge on any atom is 0.243 e. The first-order valence-electron chi connectivity index (χ1n) is 26.0. The van der Waals surface area contributed by atoms with Crippen molar-refractivity contribution in [3.8, 4) is 0 Å². The van der Waals surface area contributed by atoms with E-state index in [9.17, 15) is 33.6 Å². The molecular weight excluding hydrogens is 959 g/mol. The second-order valence-electron chi connectivity index (χ2n) is 19.2. The summed E-state index contributed by atoms with van der Waals surface area (Å²) in [6.45, 7) is 5.67. The van der Waals surface area contributed by atoms with Crippen LogP contribution in [0.3, 0.4) is 0 Å². The maximum atomic E-state index is 14.3. The predicted molar refractivity (Wildman–Crippen MR) is 287 cm³/mol. The summed E-state index contributed by atoms with van der Waals surface area (Å²) in [4.78, 5) is 118. The van der Waals surface area contributed by atoms with Gasteiger partial charge < -0.3 is 62.7 Å². The Bertz CT molecular complexity index is 2620. The van der Waals surface area contributed by atoms with Crippen LogP contribution in [-0.4, -0.2) is 164 Å². The lowest BCUT2D eigenvalue weighted by Gasteiger charge is -2.32. The van der Waals surface area contributed by atoms with E-state index >= 15 is 0 Å². The van der Waals surface area contributed by atoms with Crippen LogP contribution < -0.4 is 33.2 Å². The molecule has 2 atom stereocenters. The van der Waals surface area contributed by atoms with Crippen LogP contribution in [0.4, 0.5) is 5.82 Å².